The van der Waals surface area contributed by atoms with Gasteiger partial charge in [-0.2, -0.15) is 13.2 Å². The Morgan fingerprint density at radius 3 is 2.54 bits per heavy atom. The zero-order valence-corrected chi connectivity index (χ0v) is 12.5. The van der Waals surface area contributed by atoms with E-state index >= 15 is 0 Å². The molecule has 0 bridgehead atoms. The number of nitrogens with zero attached hydrogens (tertiary/aromatic N) is 2. The molecule has 1 aromatic heterocycles. The number of carbonyl (C=O) groups excluding carboxylic acids is 1. The molecule has 24 heavy (non-hydrogen) atoms. The van der Waals surface area contributed by atoms with Crippen LogP contribution in [-0.4, -0.2) is 45.8 Å². The second-order valence-electron chi connectivity index (χ2n) is 5.85. The van der Waals surface area contributed by atoms with Gasteiger partial charge in [0.05, 0.1) is 11.1 Å². The number of amides is 1. The van der Waals surface area contributed by atoms with E-state index in [4.69, 9.17) is 0 Å². The molecule has 4 nitrogen and oxygen atoms in total. The van der Waals surface area contributed by atoms with Gasteiger partial charge in [0.2, 0.25) is 0 Å². The van der Waals surface area contributed by atoms with Crippen LogP contribution in [0.4, 0.5) is 17.6 Å². The predicted molar refractivity (Wildman–Crippen MR) is 77.8 cm³/mol. The van der Waals surface area contributed by atoms with Crippen molar-refractivity contribution in [1.29, 1.82) is 0 Å². The Hall–Kier alpha value is -2.22. The number of fused-ring (bicyclic) bond motifs is 1. The normalized spacial score (nSPS) is 18.0. The number of piperidine rings is 1. The van der Waals surface area contributed by atoms with E-state index in [2.05, 4.69) is 4.98 Å². The molecular weight excluding hydrogens is 328 g/mol. The first-order chi connectivity index (χ1) is 11.2. The van der Waals surface area contributed by atoms with Gasteiger partial charge in [0.25, 0.3) is 5.91 Å². The highest BCUT2D eigenvalue weighted by atomic mass is 19.4. The van der Waals surface area contributed by atoms with Gasteiger partial charge < -0.3 is 10.0 Å². The molecule has 1 aliphatic rings. The summed E-state index contributed by atoms with van der Waals surface area (Å²) < 4.78 is 52.2. The number of likely N-dealkylation sites (tertiary alicyclic amines) is 1. The highest BCUT2D eigenvalue weighted by Crippen LogP contribution is 2.38. The van der Waals surface area contributed by atoms with Crippen LogP contribution >= 0.6 is 0 Å². The van der Waals surface area contributed by atoms with E-state index in [0.29, 0.717) is 10.9 Å². The largest absolute Gasteiger partial charge is 0.417 e. The Balaban J connectivity index is 1.87. The number of rotatable bonds is 1. The quantitative estimate of drug-likeness (QED) is 0.811. The maximum Gasteiger partial charge on any atom is 0.417 e. The van der Waals surface area contributed by atoms with Crippen LogP contribution in [0.1, 0.15) is 23.2 Å². The maximum absolute atomic E-state index is 13.7. The second-order valence-corrected chi connectivity index (χ2v) is 5.85. The molecule has 1 amide bonds. The number of halogens is 4. The van der Waals surface area contributed by atoms with Crippen molar-refractivity contribution >= 4 is 16.8 Å². The van der Waals surface area contributed by atoms with Crippen LogP contribution in [0.3, 0.4) is 0 Å². The van der Waals surface area contributed by atoms with E-state index < -0.39 is 36.3 Å². The number of hydrogen-bond acceptors (Lipinski definition) is 3. The molecule has 128 valence electrons. The molecule has 8 heteroatoms. The lowest BCUT2D eigenvalue weighted by Crippen LogP contribution is -2.54. The van der Waals surface area contributed by atoms with Gasteiger partial charge in [-0.15, -0.1) is 0 Å². The minimum Gasteiger partial charge on any atom is -0.380 e. The molecule has 1 saturated heterocycles. The summed E-state index contributed by atoms with van der Waals surface area (Å²) in [6.07, 6.45) is -4.50. The molecule has 0 unspecified atom stereocenters. The van der Waals surface area contributed by atoms with Crippen LogP contribution in [0.15, 0.2) is 30.5 Å². The number of carbonyl (C=O) groups is 1. The molecule has 0 aliphatic carbocycles. The van der Waals surface area contributed by atoms with Gasteiger partial charge in [-0.3, -0.25) is 9.78 Å². The zero-order chi connectivity index (χ0) is 17.5. The summed E-state index contributed by atoms with van der Waals surface area (Å²) in [6.45, 7) is -0.528. The summed E-state index contributed by atoms with van der Waals surface area (Å²) in [7, 11) is 0. The standard InChI is InChI=1S/C16H14F4N2O2/c17-11-8-10-2-1-5-21-13(10)12(9-11)14(23)22-6-3-15(24,4-7-22)16(18,19)20/h1-2,5,8-9,24H,3-4,6-7H2. The smallest absolute Gasteiger partial charge is 0.380 e. The fraction of sp³-hybridized carbons (Fsp3) is 0.375. The number of benzene rings is 1. The first-order valence-electron chi connectivity index (χ1n) is 7.34. The van der Waals surface area contributed by atoms with E-state index in [1.807, 2.05) is 0 Å². The van der Waals surface area contributed by atoms with Crippen LogP contribution in [0.5, 0.6) is 0 Å². The predicted octanol–water partition coefficient (Wildman–Crippen LogP) is 2.90. The van der Waals surface area contributed by atoms with Crippen molar-refractivity contribution in [2.45, 2.75) is 24.6 Å². The van der Waals surface area contributed by atoms with E-state index in [1.54, 1.807) is 12.1 Å². The van der Waals surface area contributed by atoms with Crippen LogP contribution in [0.2, 0.25) is 0 Å². The number of aromatic nitrogens is 1. The fourth-order valence-corrected chi connectivity index (χ4v) is 2.85. The highest BCUT2D eigenvalue weighted by molar-refractivity contribution is 6.05. The summed E-state index contributed by atoms with van der Waals surface area (Å²) in [4.78, 5) is 17.8. The van der Waals surface area contributed by atoms with Crippen LogP contribution in [0.25, 0.3) is 10.9 Å². The van der Waals surface area contributed by atoms with E-state index in [-0.39, 0.29) is 18.7 Å². The maximum atomic E-state index is 13.7. The van der Waals surface area contributed by atoms with Gasteiger partial charge in [-0.05, 0) is 18.2 Å². The molecule has 1 fully saturated rings. The summed E-state index contributed by atoms with van der Waals surface area (Å²) in [6, 6.07) is 5.46. The lowest BCUT2D eigenvalue weighted by molar-refractivity contribution is -0.271. The topological polar surface area (TPSA) is 53.4 Å². The minimum absolute atomic E-state index is 0.00282. The third-order valence-corrected chi connectivity index (χ3v) is 4.31. The summed E-state index contributed by atoms with van der Waals surface area (Å²) in [5, 5.41) is 10.1. The molecule has 1 aliphatic heterocycles. The molecule has 1 N–H and O–H groups in total. The van der Waals surface area contributed by atoms with Crippen LogP contribution in [-0.2, 0) is 0 Å². The second kappa shape index (κ2) is 5.70. The van der Waals surface area contributed by atoms with Gasteiger partial charge >= 0.3 is 6.18 Å². The van der Waals surface area contributed by atoms with Crippen molar-refractivity contribution in [3.05, 3.63) is 41.8 Å². The molecule has 2 heterocycles. The van der Waals surface area contributed by atoms with Crippen LogP contribution < -0.4 is 0 Å². The number of hydrogen-bond donors (Lipinski definition) is 1. The molecular formula is C16H14F4N2O2. The average Bonchev–Trinajstić information content (AvgIpc) is 2.53. The monoisotopic (exact) mass is 342 g/mol. The average molecular weight is 342 g/mol. The number of pyridine rings is 1. The first kappa shape index (κ1) is 16.6. The van der Waals surface area contributed by atoms with Gasteiger partial charge in [-0.25, -0.2) is 4.39 Å². The third kappa shape index (κ3) is 2.82. The zero-order valence-electron chi connectivity index (χ0n) is 12.5. The minimum atomic E-state index is -4.74. The SMILES string of the molecule is O=C(c1cc(F)cc2cccnc12)N1CCC(O)(C(F)(F)F)CC1. The van der Waals surface area contributed by atoms with Crippen molar-refractivity contribution in [3.8, 4) is 0 Å². The Labute approximate surface area is 134 Å². The number of alkyl halides is 3. The van der Waals surface area contributed by atoms with Crippen molar-refractivity contribution in [1.82, 2.24) is 9.88 Å². The van der Waals surface area contributed by atoms with Crippen molar-refractivity contribution in [3.63, 3.8) is 0 Å². The molecule has 0 saturated carbocycles. The summed E-state index contributed by atoms with van der Waals surface area (Å²) in [5.41, 5.74) is -2.49. The van der Waals surface area contributed by atoms with Crippen molar-refractivity contribution in [2.75, 3.05) is 13.1 Å². The van der Waals surface area contributed by atoms with Gasteiger partial charge in [0, 0.05) is 37.5 Å². The van der Waals surface area contributed by atoms with Crippen LogP contribution in [0, 0.1) is 5.82 Å². The first-order valence-corrected chi connectivity index (χ1v) is 7.34. The van der Waals surface area contributed by atoms with E-state index in [9.17, 15) is 27.5 Å². The van der Waals surface area contributed by atoms with Crippen molar-refractivity contribution < 1.29 is 27.5 Å². The molecule has 3 rings (SSSR count). The number of aliphatic hydroxyl groups is 1. The van der Waals surface area contributed by atoms with Crippen molar-refractivity contribution in [2.24, 2.45) is 0 Å². The third-order valence-electron chi connectivity index (χ3n) is 4.31. The molecule has 2 aromatic rings. The summed E-state index contributed by atoms with van der Waals surface area (Å²) in [5.74, 6) is -1.22. The molecule has 0 radical (unpaired) electrons. The Morgan fingerprint density at radius 1 is 1.25 bits per heavy atom. The van der Waals surface area contributed by atoms with E-state index in [0.717, 1.165) is 6.07 Å². The van der Waals surface area contributed by atoms with Gasteiger partial charge in [0.15, 0.2) is 5.60 Å². The fourth-order valence-electron chi connectivity index (χ4n) is 2.85. The van der Waals surface area contributed by atoms with Gasteiger partial charge in [0.1, 0.15) is 5.82 Å². The molecule has 0 atom stereocenters. The molecule has 0 spiro atoms. The lowest BCUT2D eigenvalue weighted by atomic mass is 9.90. The Bertz CT molecular complexity index is 783. The Morgan fingerprint density at radius 2 is 1.92 bits per heavy atom. The van der Waals surface area contributed by atoms with Gasteiger partial charge in [-0.1, -0.05) is 6.07 Å². The Kier molecular flexibility index (Phi) is 3.95. The lowest BCUT2D eigenvalue weighted by Gasteiger charge is -2.39. The summed E-state index contributed by atoms with van der Waals surface area (Å²) >= 11 is 0. The highest BCUT2D eigenvalue weighted by Gasteiger charge is 2.54. The molecule has 1 aromatic carbocycles. The van der Waals surface area contributed by atoms with E-state index in [1.165, 1.54) is 17.2 Å².